The molecule has 4 rings (SSSR count). The number of rotatable bonds is 13. The Labute approximate surface area is 267 Å². The number of hydrogen-bond acceptors (Lipinski definition) is 6. The fraction of sp³-hybridized carbons (Fsp3) is 0.471. The van der Waals surface area contributed by atoms with Gasteiger partial charge in [-0.1, -0.05) is 67.8 Å². The summed E-state index contributed by atoms with van der Waals surface area (Å²) in [6.07, 6.45) is 4.14. The first kappa shape index (κ1) is 34.6. The summed E-state index contributed by atoms with van der Waals surface area (Å²) < 4.78 is 64.8. The highest BCUT2D eigenvalue weighted by Crippen LogP contribution is 2.37. The van der Waals surface area contributed by atoms with Gasteiger partial charge in [0.25, 0.3) is 0 Å². The van der Waals surface area contributed by atoms with E-state index in [0.29, 0.717) is 39.7 Å². The van der Waals surface area contributed by atoms with Crippen molar-refractivity contribution >= 4 is 23.0 Å². The SMILES string of the molecule is C=CC1(N=C(CCCC)N(C)Cc2ccc(-c3ccccc3[S+]([O-])N(C)c3noc(C)c3C)c(COC(F)(F)F)c2)CCCC1. The smallest absolute Gasteiger partial charge is 0.522 e. The van der Waals surface area contributed by atoms with Gasteiger partial charge >= 0.3 is 6.36 Å². The molecule has 1 aliphatic carbocycles. The van der Waals surface area contributed by atoms with Crippen LogP contribution in [-0.4, -0.2) is 46.4 Å². The number of unbranched alkanes of at least 4 members (excludes halogenated alkanes) is 1. The van der Waals surface area contributed by atoms with Crippen molar-refractivity contribution in [2.24, 2.45) is 4.99 Å². The Morgan fingerprint density at radius 2 is 1.87 bits per heavy atom. The summed E-state index contributed by atoms with van der Waals surface area (Å²) in [6.45, 7) is 9.57. The lowest BCUT2D eigenvalue weighted by molar-refractivity contribution is -0.330. The number of benzene rings is 2. The van der Waals surface area contributed by atoms with E-state index < -0.39 is 24.3 Å². The molecule has 0 N–H and O–H groups in total. The molecule has 1 atom stereocenters. The molecule has 0 aliphatic heterocycles. The van der Waals surface area contributed by atoms with E-state index in [1.165, 1.54) is 4.31 Å². The summed E-state index contributed by atoms with van der Waals surface area (Å²) >= 11 is -1.73. The quantitative estimate of drug-likeness (QED) is 0.0802. The van der Waals surface area contributed by atoms with E-state index in [1.54, 1.807) is 50.4 Å². The number of ether oxygens (including phenoxy) is 1. The largest absolute Gasteiger partial charge is 0.588 e. The number of aryl methyl sites for hydroxylation is 1. The van der Waals surface area contributed by atoms with Crippen LogP contribution in [0.1, 0.15) is 74.3 Å². The molecule has 0 radical (unpaired) electrons. The number of anilines is 1. The summed E-state index contributed by atoms with van der Waals surface area (Å²) in [5, 5.41) is 4.05. The molecule has 0 bridgehead atoms. The highest BCUT2D eigenvalue weighted by Gasteiger charge is 2.33. The maximum atomic E-state index is 13.8. The molecule has 2 aromatic carbocycles. The number of amidine groups is 1. The van der Waals surface area contributed by atoms with Crippen LogP contribution in [0.5, 0.6) is 0 Å². The molecular weight excluding hydrogens is 601 g/mol. The van der Waals surface area contributed by atoms with E-state index in [-0.39, 0.29) is 5.54 Å². The maximum absolute atomic E-state index is 13.8. The molecule has 3 aromatic rings. The molecule has 1 saturated carbocycles. The van der Waals surface area contributed by atoms with Gasteiger partial charge in [0.1, 0.15) is 17.1 Å². The van der Waals surface area contributed by atoms with Crippen LogP contribution in [0.3, 0.4) is 0 Å². The zero-order chi connectivity index (χ0) is 32.8. The predicted octanol–water partition coefficient (Wildman–Crippen LogP) is 8.67. The molecule has 45 heavy (non-hydrogen) atoms. The Balaban J connectivity index is 1.69. The lowest BCUT2D eigenvalue weighted by Crippen LogP contribution is -2.31. The third-order valence-electron chi connectivity index (χ3n) is 8.42. The molecule has 0 saturated heterocycles. The minimum atomic E-state index is -4.81. The van der Waals surface area contributed by atoms with Crippen molar-refractivity contribution in [2.75, 3.05) is 18.4 Å². The first-order valence-corrected chi connectivity index (χ1v) is 16.4. The Kier molecular flexibility index (Phi) is 11.4. The van der Waals surface area contributed by atoms with Crippen molar-refractivity contribution in [3.8, 4) is 11.1 Å². The second-order valence-electron chi connectivity index (χ2n) is 11.7. The monoisotopic (exact) mass is 644 g/mol. The van der Waals surface area contributed by atoms with Crippen molar-refractivity contribution in [3.63, 3.8) is 0 Å². The molecule has 1 aliphatic rings. The summed E-state index contributed by atoms with van der Waals surface area (Å²) in [6, 6.07) is 12.4. The third-order valence-corrected chi connectivity index (χ3v) is 9.82. The number of aliphatic imine (C=N–C) groups is 1. The van der Waals surface area contributed by atoms with Crippen LogP contribution in [0, 0.1) is 13.8 Å². The van der Waals surface area contributed by atoms with Gasteiger partial charge < -0.3 is 14.0 Å². The van der Waals surface area contributed by atoms with Gasteiger partial charge in [0, 0.05) is 31.1 Å². The van der Waals surface area contributed by atoms with Crippen molar-refractivity contribution in [2.45, 2.75) is 95.7 Å². The molecule has 7 nitrogen and oxygen atoms in total. The van der Waals surface area contributed by atoms with Crippen LogP contribution >= 0.6 is 0 Å². The van der Waals surface area contributed by atoms with Crippen LogP contribution in [-0.2, 0) is 29.3 Å². The molecule has 0 spiro atoms. The fourth-order valence-corrected chi connectivity index (χ4v) is 6.88. The first-order valence-electron chi connectivity index (χ1n) is 15.3. The molecule has 1 fully saturated rings. The average Bonchev–Trinajstić information content (AvgIpc) is 3.63. The van der Waals surface area contributed by atoms with Crippen LogP contribution in [0.2, 0.25) is 0 Å². The fourth-order valence-electron chi connectivity index (χ4n) is 5.69. The van der Waals surface area contributed by atoms with Crippen molar-refractivity contribution < 1.29 is 27.0 Å². The summed E-state index contributed by atoms with van der Waals surface area (Å²) in [5.74, 6) is 2.01. The highest BCUT2D eigenvalue weighted by atomic mass is 32.2. The van der Waals surface area contributed by atoms with Gasteiger partial charge in [-0.2, -0.15) is 4.31 Å². The van der Waals surface area contributed by atoms with Gasteiger partial charge in [-0.3, -0.25) is 9.73 Å². The van der Waals surface area contributed by atoms with E-state index in [2.05, 4.69) is 28.3 Å². The van der Waals surface area contributed by atoms with Gasteiger partial charge in [-0.15, -0.1) is 19.8 Å². The molecule has 1 heterocycles. The van der Waals surface area contributed by atoms with Crippen LogP contribution in [0.25, 0.3) is 11.1 Å². The number of nitrogens with zero attached hydrogens (tertiary/aromatic N) is 4. The van der Waals surface area contributed by atoms with E-state index in [1.807, 2.05) is 26.1 Å². The predicted molar refractivity (Wildman–Crippen MR) is 173 cm³/mol. The molecule has 1 aromatic heterocycles. The highest BCUT2D eigenvalue weighted by molar-refractivity contribution is 7.93. The normalized spacial score (nSPS) is 15.7. The van der Waals surface area contributed by atoms with E-state index in [0.717, 1.165) is 61.9 Å². The zero-order valence-electron chi connectivity index (χ0n) is 26.7. The zero-order valence-corrected chi connectivity index (χ0v) is 27.6. The molecular formula is C34H43F3N4O3S. The molecule has 11 heteroatoms. The lowest BCUT2D eigenvalue weighted by atomic mass is 9.97. The maximum Gasteiger partial charge on any atom is 0.522 e. The van der Waals surface area contributed by atoms with Crippen LogP contribution < -0.4 is 4.31 Å². The lowest BCUT2D eigenvalue weighted by Gasteiger charge is -2.28. The topological polar surface area (TPSA) is 77.2 Å². The second kappa shape index (κ2) is 14.9. The van der Waals surface area contributed by atoms with Gasteiger partial charge in [0.15, 0.2) is 4.90 Å². The van der Waals surface area contributed by atoms with Gasteiger partial charge in [-0.25, -0.2) is 0 Å². The van der Waals surface area contributed by atoms with E-state index >= 15 is 0 Å². The standard InChI is InChI=1S/C34H43F3N4O3S/c1-7-9-16-31(38-33(8-2)19-12-13-20-33)40(5)22-26-17-18-28(27(21-26)23-43-34(35,36)37)29-14-10-11-15-30(29)45(42)41(6)32-24(3)25(4)44-39-32/h8,10-11,14-15,17-18,21H,2,7,9,12-13,16,19-20,22-23H2,1,3-6H3. The number of alkyl halides is 3. The summed E-state index contributed by atoms with van der Waals surface area (Å²) in [7, 11) is 3.62. The number of halogens is 3. The minimum absolute atomic E-state index is 0.261. The van der Waals surface area contributed by atoms with Gasteiger partial charge in [-0.05, 0) is 61.9 Å². The minimum Gasteiger partial charge on any atom is -0.588 e. The molecule has 1 unspecified atom stereocenters. The Morgan fingerprint density at radius 3 is 2.49 bits per heavy atom. The van der Waals surface area contributed by atoms with Crippen LogP contribution in [0.15, 0.2) is 69.5 Å². The molecule has 0 amide bonds. The number of hydrogen-bond donors (Lipinski definition) is 0. The summed E-state index contributed by atoms with van der Waals surface area (Å²) in [4.78, 5) is 7.71. The van der Waals surface area contributed by atoms with Crippen molar-refractivity contribution in [1.29, 1.82) is 0 Å². The Hall–Kier alpha value is -3.28. The average molecular weight is 645 g/mol. The third kappa shape index (κ3) is 8.51. The van der Waals surface area contributed by atoms with Crippen LogP contribution in [0.4, 0.5) is 19.0 Å². The summed E-state index contributed by atoms with van der Waals surface area (Å²) in [5.41, 5.74) is 2.69. The molecule has 244 valence electrons. The Morgan fingerprint density at radius 1 is 1.16 bits per heavy atom. The first-order chi connectivity index (χ1) is 21.4. The van der Waals surface area contributed by atoms with Gasteiger partial charge in [0.2, 0.25) is 5.82 Å². The van der Waals surface area contributed by atoms with Crippen molar-refractivity contribution in [3.05, 3.63) is 77.6 Å². The van der Waals surface area contributed by atoms with E-state index in [4.69, 9.17) is 9.52 Å². The van der Waals surface area contributed by atoms with E-state index in [9.17, 15) is 17.7 Å². The van der Waals surface area contributed by atoms with Gasteiger partial charge in [0.05, 0.1) is 25.0 Å². The number of aromatic nitrogens is 1. The Bertz CT molecular complexity index is 1480. The van der Waals surface area contributed by atoms with Crippen molar-refractivity contribution in [1.82, 2.24) is 10.1 Å². The second-order valence-corrected chi connectivity index (χ2v) is 13.1.